The van der Waals surface area contributed by atoms with Crippen LogP contribution in [-0.2, 0) is 14.8 Å². The lowest BCUT2D eigenvalue weighted by atomic mass is 10.3. The Morgan fingerprint density at radius 3 is 2.62 bits per heavy atom. The molecule has 1 aromatic carbocycles. The number of nitrogen functional groups attached to an aromatic ring is 1. The summed E-state index contributed by atoms with van der Waals surface area (Å²) in [6, 6.07) is 2.04. The normalized spacial score (nSPS) is 11.7. The summed E-state index contributed by atoms with van der Waals surface area (Å²) in [4.78, 5) is 10.7. The first-order valence-electron chi connectivity index (χ1n) is 6.17. The highest BCUT2D eigenvalue weighted by atomic mass is 35.5. The van der Waals surface area contributed by atoms with Gasteiger partial charge in [0.05, 0.1) is 5.02 Å². The molecule has 1 amide bonds. The highest BCUT2D eigenvalue weighted by molar-refractivity contribution is 7.89. The monoisotopic (exact) mass is 337 g/mol. The summed E-state index contributed by atoms with van der Waals surface area (Å²) >= 11 is 5.56. The van der Waals surface area contributed by atoms with Gasteiger partial charge in [-0.15, -0.1) is 0 Å². The second-order valence-electron chi connectivity index (χ2n) is 4.68. The summed E-state index contributed by atoms with van der Waals surface area (Å²) in [5.41, 5.74) is 5.48. The maximum Gasteiger partial charge on any atom is 0.243 e. The third kappa shape index (κ3) is 5.14. The van der Waals surface area contributed by atoms with Crippen LogP contribution < -0.4 is 15.8 Å². The van der Waals surface area contributed by atoms with Crippen molar-refractivity contribution in [2.75, 3.05) is 12.3 Å². The molecular weight excluding hydrogens is 321 g/mol. The highest BCUT2D eigenvalue weighted by Crippen LogP contribution is 2.25. The predicted octanol–water partition coefficient (Wildman–Crippen LogP) is 1.25. The molecule has 0 bridgehead atoms. The van der Waals surface area contributed by atoms with Crippen LogP contribution in [0, 0.1) is 5.82 Å². The number of hydrogen-bond acceptors (Lipinski definition) is 4. The SMILES string of the molecule is CC(C)NC(=O)CCNS(=O)(=O)c1cc(N)cc(Cl)c1F. The van der Waals surface area contributed by atoms with E-state index < -0.39 is 20.7 Å². The number of nitrogens with two attached hydrogens (primary N) is 1. The first kappa shape index (κ1) is 17.7. The predicted molar refractivity (Wildman–Crippen MR) is 78.9 cm³/mol. The molecule has 0 aliphatic rings. The maximum atomic E-state index is 13.7. The number of sulfonamides is 1. The Kier molecular flexibility index (Phi) is 5.94. The van der Waals surface area contributed by atoms with Crippen molar-refractivity contribution in [2.45, 2.75) is 31.2 Å². The Balaban J connectivity index is 2.77. The first-order chi connectivity index (χ1) is 9.63. The standard InChI is InChI=1S/C12H17ClFN3O3S/c1-7(2)17-11(18)3-4-16-21(19,20)10-6-8(15)5-9(13)12(10)14/h5-7,16H,3-4,15H2,1-2H3,(H,17,18). The molecule has 0 saturated heterocycles. The molecule has 0 saturated carbocycles. The molecule has 118 valence electrons. The zero-order valence-corrected chi connectivity index (χ0v) is 13.2. The minimum atomic E-state index is -4.13. The topological polar surface area (TPSA) is 101 Å². The fourth-order valence-electron chi connectivity index (χ4n) is 1.55. The number of halogens is 2. The van der Waals surface area contributed by atoms with Gasteiger partial charge < -0.3 is 11.1 Å². The van der Waals surface area contributed by atoms with E-state index in [1.165, 1.54) is 0 Å². The van der Waals surface area contributed by atoms with Crippen LogP contribution in [0.2, 0.25) is 5.02 Å². The summed E-state index contributed by atoms with van der Waals surface area (Å²) in [5.74, 6) is -1.39. The lowest BCUT2D eigenvalue weighted by Gasteiger charge is -2.11. The molecule has 1 rings (SSSR count). The molecular formula is C12H17ClFN3O3S. The van der Waals surface area contributed by atoms with Crippen LogP contribution in [0.25, 0.3) is 0 Å². The van der Waals surface area contributed by atoms with Crippen LogP contribution >= 0.6 is 11.6 Å². The van der Waals surface area contributed by atoms with Gasteiger partial charge in [-0.3, -0.25) is 4.79 Å². The van der Waals surface area contributed by atoms with Crippen molar-refractivity contribution in [3.63, 3.8) is 0 Å². The van der Waals surface area contributed by atoms with Gasteiger partial charge in [0.2, 0.25) is 15.9 Å². The van der Waals surface area contributed by atoms with Crippen molar-refractivity contribution < 1.29 is 17.6 Å². The van der Waals surface area contributed by atoms with Crippen molar-refractivity contribution in [1.82, 2.24) is 10.0 Å². The van der Waals surface area contributed by atoms with Crippen molar-refractivity contribution in [2.24, 2.45) is 0 Å². The fourth-order valence-corrected chi connectivity index (χ4v) is 3.00. The van der Waals surface area contributed by atoms with E-state index in [9.17, 15) is 17.6 Å². The zero-order valence-electron chi connectivity index (χ0n) is 11.6. The van der Waals surface area contributed by atoms with Gasteiger partial charge in [-0.05, 0) is 26.0 Å². The summed E-state index contributed by atoms with van der Waals surface area (Å²) in [6.07, 6.45) is -0.0604. The Labute approximate surface area is 127 Å². The number of amides is 1. The summed E-state index contributed by atoms with van der Waals surface area (Å²) < 4.78 is 39.8. The smallest absolute Gasteiger partial charge is 0.243 e. The highest BCUT2D eigenvalue weighted by Gasteiger charge is 2.21. The number of nitrogens with one attached hydrogen (secondary N) is 2. The van der Waals surface area contributed by atoms with Crippen molar-refractivity contribution >= 4 is 33.2 Å². The van der Waals surface area contributed by atoms with E-state index in [1.807, 2.05) is 0 Å². The van der Waals surface area contributed by atoms with Crippen molar-refractivity contribution in [3.8, 4) is 0 Å². The molecule has 0 unspecified atom stereocenters. The molecule has 0 radical (unpaired) electrons. The Morgan fingerprint density at radius 2 is 2.05 bits per heavy atom. The Bertz CT molecular complexity index is 635. The minimum Gasteiger partial charge on any atom is -0.399 e. The van der Waals surface area contributed by atoms with Gasteiger partial charge in [0.25, 0.3) is 0 Å². The van der Waals surface area contributed by atoms with Crippen molar-refractivity contribution in [3.05, 3.63) is 23.0 Å². The van der Waals surface area contributed by atoms with E-state index in [0.717, 1.165) is 12.1 Å². The molecule has 0 aliphatic heterocycles. The lowest BCUT2D eigenvalue weighted by molar-refractivity contribution is -0.121. The molecule has 0 aromatic heterocycles. The van der Waals surface area contributed by atoms with E-state index in [2.05, 4.69) is 10.0 Å². The van der Waals surface area contributed by atoms with Crippen LogP contribution in [0.15, 0.2) is 17.0 Å². The van der Waals surface area contributed by atoms with Gasteiger partial charge in [0.15, 0.2) is 5.82 Å². The lowest BCUT2D eigenvalue weighted by Crippen LogP contribution is -2.34. The number of carbonyl (C=O) groups is 1. The molecule has 6 nitrogen and oxygen atoms in total. The van der Waals surface area contributed by atoms with Gasteiger partial charge >= 0.3 is 0 Å². The molecule has 9 heteroatoms. The quantitative estimate of drug-likeness (QED) is 0.680. The van der Waals surface area contributed by atoms with Gasteiger partial charge in [-0.1, -0.05) is 11.6 Å². The fraction of sp³-hybridized carbons (Fsp3) is 0.417. The average Bonchev–Trinajstić information content (AvgIpc) is 2.32. The van der Waals surface area contributed by atoms with E-state index >= 15 is 0 Å². The van der Waals surface area contributed by atoms with E-state index in [4.69, 9.17) is 17.3 Å². The molecule has 0 aliphatic carbocycles. The molecule has 0 spiro atoms. The second kappa shape index (κ2) is 7.06. The van der Waals surface area contributed by atoms with Crippen LogP contribution in [0.3, 0.4) is 0 Å². The Hall–Kier alpha value is -1.38. The minimum absolute atomic E-state index is 0.0272. The molecule has 0 heterocycles. The first-order valence-corrected chi connectivity index (χ1v) is 8.03. The van der Waals surface area contributed by atoms with Crippen LogP contribution in [0.4, 0.5) is 10.1 Å². The number of carbonyl (C=O) groups excluding carboxylic acids is 1. The van der Waals surface area contributed by atoms with Crippen LogP contribution in [0.5, 0.6) is 0 Å². The summed E-state index contributed by atoms with van der Waals surface area (Å²) in [6.45, 7) is 3.41. The van der Waals surface area contributed by atoms with E-state index in [-0.39, 0.29) is 35.6 Å². The number of anilines is 1. The molecule has 4 N–H and O–H groups in total. The van der Waals surface area contributed by atoms with E-state index in [0.29, 0.717) is 0 Å². The van der Waals surface area contributed by atoms with Gasteiger partial charge in [0, 0.05) is 24.7 Å². The maximum absolute atomic E-state index is 13.7. The largest absolute Gasteiger partial charge is 0.399 e. The van der Waals surface area contributed by atoms with E-state index in [1.54, 1.807) is 13.8 Å². The van der Waals surface area contributed by atoms with Crippen molar-refractivity contribution in [1.29, 1.82) is 0 Å². The molecule has 1 aromatic rings. The van der Waals surface area contributed by atoms with Gasteiger partial charge in [-0.25, -0.2) is 17.5 Å². The average molecular weight is 338 g/mol. The number of hydrogen-bond donors (Lipinski definition) is 3. The van der Waals surface area contributed by atoms with Crippen LogP contribution in [0.1, 0.15) is 20.3 Å². The Morgan fingerprint density at radius 1 is 1.43 bits per heavy atom. The van der Waals surface area contributed by atoms with Gasteiger partial charge in [0.1, 0.15) is 4.90 Å². The molecule has 0 fully saturated rings. The zero-order chi connectivity index (χ0) is 16.2. The summed E-state index contributed by atoms with van der Waals surface area (Å²) in [7, 11) is -4.13. The number of benzene rings is 1. The molecule has 0 atom stereocenters. The molecule has 21 heavy (non-hydrogen) atoms. The van der Waals surface area contributed by atoms with Crippen LogP contribution in [-0.4, -0.2) is 26.9 Å². The third-order valence-electron chi connectivity index (χ3n) is 2.40. The van der Waals surface area contributed by atoms with Gasteiger partial charge in [-0.2, -0.15) is 0 Å². The summed E-state index contributed by atoms with van der Waals surface area (Å²) in [5, 5.41) is 2.23. The third-order valence-corrected chi connectivity index (χ3v) is 4.14. The second-order valence-corrected chi connectivity index (χ2v) is 6.83. The number of rotatable bonds is 6.